The number of hydrogen-bond donors (Lipinski definition) is 1. The van der Waals surface area contributed by atoms with Gasteiger partial charge in [-0.3, -0.25) is 4.79 Å². The van der Waals surface area contributed by atoms with E-state index in [2.05, 4.69) is 17.2 Å². The van der Waals surface area contributed by atoms with E-state index < -0.39 is 0 Å². The van der Waals surface area contributed by atoms with Gasteiger partial charge in [0.1, 0.15) is 0 Å². The maximum atomic E-state index is 11.2. The van der Waals surface area contributed by atoms with Crippen molar-refractivity contribution in [3.8, 4) is 11.8 Å². The fraction of sp³-hybridized carbons (Fsp3) is 0.364. The van der Waals surface area contributed by atoms with Crippen LogP contribution in [0.15, 0.2) is 11.4 Å². The molecule has 74 valence electrons. The smallest absolute Gasteiger partial charge is 0.162 e. The van der Waals surface area contributed by atoms with Gasteiger partial charge in [0.2, 0.25) is 0 Å². The third kappa shape index (κ3) is 2.90. The monoisotopic (exact) mass is 207 g/mol. The lowest BCUT2D eigenvalue weighted by atomic mass is 10.2. The molecule has 0 bridgehead atoms. The zero-order chi connectivity index (χ0) is 10.4. The lowest BCUT2D eigenvalue weighted by Crippen LogP contribution is -2.02. The van der Waals surface area contributed by atoms with Gasteiger partial charge < -0.3 is 5.32 Å². The first-order chi connectivity index (χ1) is 6.75. The van der Waals surface area contributed by atoms with Crippen molar-refractivity contribution in [2.75, 3.05) is 11.9 Å². The van der Waals surface area contributed by atoms with Gasteiger partial charge in [-0.15, -0.1) is 23.2 Å². The van der Waals surface area contributed by atoms with Gasteiger partial charge in [-0.1, -0.05) is 0 Å². The summed E-state index contributed by atoms with van der Waals surface area (Å²) in [6.07, 6.45) is 0.811. The molecule has 3 heteroatoms. The van der Waals surface area contributed by atoms with E-state index >= 15 is 0 Å². The Morgan fingerprint density at radius 2 is 2.43 bits per heavy atom. The summed E-state index contributed by atoms with van der Waals surface area (Å²) in [6, 6.07) is 1.85. The number of Topliss-reactive ketones (excluding diaryl/α,β-unsaturated/α-hetero) is 1. The predicted octanol–water partition coefficient (Wildman–Crippen LogP) is 2.78. The van der Waals surface area contributed by atoms with Crippen LogP contribution in [0.1, 0.15) is 30.6 Å². The second-order valence-corrected chi connectivity index (χ2v) is 3.74. The van der Waals surface area contributed by atoms with Crippen LogP contribution < -0.4 is 5.32 Å². The Labute approximate surface area is 88.3 Å². The van der Waals surface area contributed by atoms with E-state index in [0.717, 1.165) is 23.5 Å². The van der Waals surface area contributed by atoms with Gasteiger partial charge in [0.25, 0.3) is 0 Å². The molecular weight excluding hydrogens is 194 g/mol. The molecule has 0 aliphatic rings. The molecule has 0 radical (unpaired) electrons. The van der Waals surface area contributed by atoms with Gasteiger partial charge in [0.05, 0.1) is 10.6 Å². The van der Waals surface area contributed by atoms with E-state index in [4.69, 9.17) is 0 Å². The van der Waals surface area contributed by atoms with Crippen LogP contribution in [0.4, 0.5) is 5.00 Å². The first-order valence-electron chi connectivity index (χ1n) is 4.47. The van der Waals surface area contributed by atoms with Crippen LogP contribution in [0.2, 0.25) is 0 Å². The molecule has 1 rings (SSSR count). The molecule has 0 aliphatic heterocycles. The lowest BCUT2D eigenvalue weighted by molar-refractivity contribution is 0.101. The first kappa shape index (κ1) is 10.8. The minimum absolute atomic E-state index is 0.107. The number of thiophene rings is 1. The molecule has 14 heavy (non-hydrogen) atoms. The maximum absolute atomic E-state index is 11.2. The molecule has 1 aromatic heterocycles. The van der Waals surface area contributed by atoms with E-state index in [0.29, 0.717) is 0 Å². The average molecular weight is 207 g/mol. The van der Waals surface area contributed by atoms with E-state index in [-0.39, 0.29) is 5.78 Å². The zero-order valence-electron chi connectivity index (χ0n) is 8.39. The highest BCUT2D eigenvalue weighted by molar-refractivity contribution is 7.14. The summed E-state index contributed by atoms with van der Waals surface area (Å²) in [4.78, 5) is 11.2. The van der Waals surface area contributed by atoms with Crippen LogP contribution in [-0.4, -0.2) is 12.3 Å². The quantitative estimate of drug-likeness (QED) is 0.467. The molecule has 1 heterocycles. The van der Waals surface area contributed by atoms with Crippen LogP contribution in [0.25, 0.3) is 0 Å². The summed E-state index contributed by atoms with van der Waals surface area (Å²) < 4.78 is 0. The Morgan fingerprint density at radius 3 is 3.07 bits per heavy atom. The zero-order valence-corrected chi connectivity index (χ0v) is 9.20. The summed E-state index contributed by atoms with van der Waals surface area (Å²) >= 11 is 1.56. The predicted molar refractivity (Wildman–Crippen MR) is 60.9 cm³/mol. The van der Waals surface area contributed by atoms with Crippen molar-refractivity contribution < 1.29 is 4.79 Å². The highest BCUT2D eigenvalue weighted by Gasteiger charge is 2.06. The molecule has 1 aromatic rings. The summed E-state index contributed by atoms with van der Waals surface area (Å²) in [5.41, 5.74) is 0.777. The van der Waals surface area contributed by atoms with Crippen LogP contribution in [0.3, 0.4) is 0 Å². The number of hydrogen-bond acceptors (Lipinski definition) is 3. The molecule has 0 fully saturated rings. The minimum atomic E-state index is 0.107. The fourth-order valence-corrected chi connectivity index (χ4v) is 1.95. The molecule has 0 unspecified atom stereocenters. The van der Waals surface area contributed by atoms with Gasteiger partial charge in [-0.25, -0.2) is 0 Å². The van der Waals surface area contributed by atoms with E-state index in [1.165, 1.54) is 0 Å². The first-order valence-corrected chi connectivity index (χ1v) is 5.35. The Morgan fingerprint density at radius 1 is 1.64 bits per heavy atom. The average Bonchev–Trinajstić information content (AvgIpc) is 2.60. The molecule has 1 N–H and O–H groups in total. The Kier molecular flexibility index (Phi) is 4.21. The van der Waals surface area contributed by atoms with Crippen molar-refractivity contribution in [1.29, 1.82) is 0 Å². The molecular formula is C11H13NOS. The van der Waals surface area contributed by atoms with Crippen LogP contribution >= 0.6 is 11.3 Å². The SMILES string of the molecule is CC#CCCNc1sccc1C(C)=O. The van der Waals surface area contributed by atoms with E-state index in [9.17, 15) is 4.79 Å². The van der Waals surface area contributed by atoms with Crippen molar-refractivity contribution in [2.45, 2.75) is 20.3 Å². The summed E-state index contributed by atoms with van der Waals surface area (Å²) in [5, 5.41) is 6.08. The van der Waals surface area contributed by atoms with Crippen LogP contribution in [-0.2, 0) is 0 Å². The normalized spacial score (nSPS) is 9.00. The maximum Gasteiger partial charge on any atom is 0.162 e. The standard InChI is InChI=1S/C11H13NOS/c1-3-4-5-7-12-11-10(9(2)13)6-8-14-11/h6,8,12H,5,7H2,1-2H3. The van der Waals surface area contributed by atoms with Crippen molar-refractivity contribution >= 4 is 22.1 Å². The molecule has 0 saturated heterocycles. The molecule has 0 spiro atoms. The molecule has 0 amide bonds. The molecule has 0 atom stereocenters. The number of carbonyl (C=O) groups excluding carboxylic acids is 1. The van der Waals surface area contributed by atoms with Crippen molar-refractivity contribution in [2.24, 2.45) is 0 Å². The fourth-order valence-electron chi connectivity index (χ4n) is 1.09. The highest BCUT2D eigenvalue weighted by Crippen LogP contribution is 2.23. The van der Waals surface area contributed by atoms with Gasteiger partial charge >= 0.3 is 0 Å². The van der Waals surface area contributed by atoms with Crippen molar-refractivity contribution in [3.63, 3.8) is 0 Å². The minimum Gasteiger partial charge on any atom is -0.375 e. The Hall–Kier alpha value is -1.27. The van der Waals surface area contributed by atoms with E-state index in [1.807, 2.05) is 18.4 Å². The van der Waals surface area contributed by atoms with Gasteiger partial charge in [0, 0.05) is 13.0 Å². The Balaban J connectivity index is 2.52. The molecule has 0 aromatic carbocycles. The van der Waals surface area contributed by atoms with Crippen molar-refractivity contribution in [1.82, 2.24) is 0 Å². The number of nitrogens with one attached hydrogen (secondary N) is 1. The molecule has 2 nitrogen and oxygen atoms in total. The van der Waals surface area contributed by atoms with E-state index in [1.54, 1.807) is 18.3 Å². The second-order valence-electron chi connectivity index (χ2n) is 2.82. The molecule has 0 saturated carbocycles. The van der Waals surface area contributed by atoms with Crippen molar-refractivity contribution in [3.05, 3.63) is 17.0 Å². The van der Waals surface area contributed by atoms with Gasteiger partial charge in [-0.05, 0) is 25.3 Å². The summed E-state index contributed by atoms with van der Waals surface area (Å²) in [6.45, 7) is 4.20. The number of anilines is 1. The van der Waals surface area contributed by atoms with Gasteiger partial charge in [0.15, 0.2) is 5.78 Å². The Bertz CT molecular complexity index is 370. The second kappa shape index (κ2) is 5.46. The third-order valence-electron chi connectivity index (χ3n) is 1.76. The highest BCUT2D eigenvalue weighted by atomic mass is 32.1. The van der Waals surface area contributed by atoms with Crippen LogP contribution in [0.5, 0.6) is 0 Å². The topological polar surface area (TPSA) is 29.1 Å². The number of ketones is 1. The largest absolute Gasteiger partial charge is 0.375 e. The van der Waals surface area contributed by atoms with Crippen LogP contribution in [0, 0.1) is 11.8 Å². The summed E-state index contributed by atoms with van der Waals surface area (Å²) in [7, 11) is 0. The van der Waals surface area contributed by atoms with Gasteiger partial charge in [-0.2, -0.15) is 0 Å². The lowest BCUT2D eigenvalue weighted by Gasteiger charge is -2.02. The number of rotatable bonds is 4. The number of carbonyl (C=O) groups is 1. The summed E-state index contributed by atoms with van der Waals surface area (Å²) in [5.74, 6) is 5.90. The third-order valence-corrected chi connectivity index (χ3v) is 2.63. The molecule has 0 aliphatic carbocycles.